The van der Waals surface area contributed by atoms with Gasteiger partial charge in [0.15, 0.2) is 0 Å². The second-order valence-corrected chi connectivity index (χ2v) is 5.59. The second kappa shape index (κ2) is 3.00. The number of hydrogen-bond donors (Lipinski definition) is 0. The van der Waals surface area contributed by atoms with Crippen molar-refractivity contribution in [1.29, 1.82) is 0 Å². The van der Waals surface area contributed by atoms with Crippen molar-refractivity contribution in [2.75, 3.05) is 0 Å². The van der Waals surface area contributed by atoms with Gasteiger partial charge in [-0.3, -0.25) is 0 Å². The summed E-state index contributed by atoms with van der Waals surface area (Å²) in [5, 5.41) is 0. The van der Waals surface area contributed by atoms with Gasteiger partial charge in [-0.05, 0) is 35.5 Å². The Bertz CT molecular complexity index is 196. The average molecular weight is 180 g/mol. The van der Waals surface area contributed by atoms with Crippen LogP contribution < -0.4 is 0 Å². The molecule has 0 amide bonds. The predicted octanol–water partition coefficient (Wildman–Crippen LogP) is 4.10. The smallest absolute Gasteiger partial charge is 0.0232 e. The van der Waals surface area contributed by atoms with Crippen molar-refractivity contribution in [1.82, 2.24) is 0 Å². The summed E-state index contributed by atoms with van der Waals surface area (Å²) < 4.78 is 0. The molecule has 76 valence electrons. The molecule has 2 aliphatic carbocycles. The van der Waals surface area contributed by atoms with Gasteiger partial charge in [-0.2, -0.15) is 0 Å². The molecule has 2 fully saturated rings. The predicted molar refractivity (Wildman–Crippen MR) is 57.6 cm³/mol. The highest BCUT2D eigenvalue weighted by Gasteiger charge is 2.80. The maximum atomic E-state index is 2.51. The second-order valence-electron chi connectivity index (χ2n) is 5.59. The van der Waals surface area contributed by atoms with Gasteiger partial charge in [0.1, 0.15) is 0 Å². The fraction of sp³-hybridized carbons (Fsp3) is 1.00. The normalized spacial score (nSPS) is 48.5. The molecule has 2 saturated carbocycles. The standard InChI is InChI=1S/C13H24/c1-5-7-10(6-2)8-11-12-9(3)13(11,12)4/h9-12H,5-8H2,1-4H3. The summed E-state index contributed by atoms with van der Waals surface area (Å²) in [4.78, 5) is 0. The van der Waals surface area contributed by atoms with E-state index >= 15 is 0 Å². The summed E-state index contributed by atoms with van der Waals surface area (Å²) in [7, 11) is 0. The van der Waals surface area contributed by atoms with Gasteiger partial charge in [-0.1, -0.05) is 47.0 Å². The first-order valence-corrected chi connectivity index (χ1v) is 6.16. The van der Waals surface area contributed by atoms with Crippen LogP contribution in [-0.4, -0.2) is 0 Å². The Kier molecular flexibility index (Phi) is 2.20. The van der Waals surface area contributed by atoms with Gasteiger partial charge in [0, 0.05) is 0 Å². The van der Waals surface area contributed by atoms with Crippen LogP contribution in [0.1, 0.15) is 53.4 Å². The zero-order chi connectivity index (χ0) is 9.64. The van der Waals surface area contributed by atoms with Gasteiger partial charge in [0.25, 0.3) is 0 Å². The van der Waals surface area contributed by atoms with Crippen LogP contribution in [0.5, 0.6) is 0 Å². The fourth-order valence-electron chi connectivity index (χ4n) is 3.68. The van der Waals surface area contributed by atoms with Crippen molar-refractivity contribution in [3.63, 3.8) is 0 Å². The van der Waals surface area contributed by atoms with E-state index in [9.17, 15) is 0 Å². The summed E-state index contributed by atoms with van der Waals surface area (Å²) in [5.41, 5.74) is 0.821. The van der Waals surface area contributed by atoms with Gasteiger partial charge in [-0.25, -0.2) is 0 Å². The number of rotatable bonds is 5. The zero-order valence-corrected chi connectivity index (χ0v) is 9.64. The summed E-state index contributed by atoms with van der Waals surface area (Å²) in [6.07, 6.45) is 5.78. The van der Waals surface area contributed by atoms with Crippen molar-refractivity contribution in [3.05, 3.63) is 0 Å². The van der Waals surface area contributed by atoms with E-state index < -0.39 is 0 Å². The third kappa shape index (κ3) is 1.25. The number of hydrogen-bond acceptors (Lipinski definition) is 0. The SMILES string of the molecule is CCCC(CC)CC1C2C(C)C12C. The lowest BCUT2D eigenvalue weighted by molar-refractivity contribution is 0.312. The fourth-order valence-corrected chi connectivity index (χ4v) is 3.68. The van der Waals surface area contributed by atoms with E-state index in [2.05, 4.69) is 27.7 Å². The molecule has 0 aliphatic heterocycles. The first-order chi connectivity index (χ1) is 6.16. The molecular formula is C13H24. The third-order valence-corrected chi connectivity index (χ3v) is 5.11. The molecule has 0 aromatic rings. The first kappa shape index (κ1) is 9.55. The summed E-state index contributed by atoms with van der Waals surface area (Å²) >= 11 is 0. The minimum Gasteiger partial charge on any atom is -0.0654 e. The molecular weight excluding hydrogens is 156 g/mol. The molecule has 0 spiro atoms. The van der Waals surface area contributed by atoms with Crippen LogP contribution in [0.3, 0.4) is 0 Å². The molecule has 0 aromatic carbocycles. The van der Waals surface area contributed by atoms with Crippen LogP contribution in [0.4, 0.5) is 0 Å². The van der Waals surface area contributed by atoms with Crippen LogP contribution in [-0.2, 0) is 0 Å². The zero-order valence-electron chi connectivity index (χ0n) is 9.64. The molecule has 2 aliphatic rings. The van der Waals surface area contributed by atoms with E-state index in [1.807, 2.05) is 0 Å². The van der Waals surface area contributed by atoms with E-state index in [0.717, 1.165) is 29.1 Å². The molecule has 0 nitrogen and oxygen atoms in total. The molecule has 13 heavy (non-hydrogen) atoms. The number of fused-ring (bicyclic) bond motifs is 1. The maximum absolute atomic E-state index is 2.51. The largest absolute Gasteiger partial charge is 0.0654 e. The van der Waals surface area contributed by atoms with Gasteiger partial charge in [0.05, 0.1) is 0 Å². The van der Waals surface area contributed by atoms with Gasteiger partial charge < -0.3 is 0 Å². The highest BCUT2D eigenvalue weighted by Crippen LogP contribution is 2.85. The summed E-state index contributed by atoms with van der Waals surface area (Å²) in [6, 6.07) is 0. The van der Waals surface area contributed by atoms with E-state index in [1.165, 1.54) is 25.7 Å². The van der Waals surface area contributed by atoms with Gasteiger partial charge in [-0.15, -0.1) is 0 Å². The summed E-state index contributed by atoms with van der Waals surface area (Å²) in [6.45, 7) is 9.62. The Hall–Kier alpha value is 0. The van der Waals surface area contributed by atoms with E-state index in [1.54, 1.807) is 0 Å². The quantitative estimate of drug-likeness (QED) is 0.597. The van der Waals surface area contributed by atoms with Crippen molar-refractivity contribution in [2.24, 2.45) is 29.1 Å². The van der Waals surface area contributed by atoms with Crippen LogP contribution in [0.2, 0.25) is 0 Å². The Labute approximate surface area is 83.1 Å². The van der Waals surface area contributed by atoms with Gasteiger partial charge in [0.2, 0.25) is 0 Å². The maximum Gasteiger partial charge on any atom is -0.0232 e. The van der Waals surface area contributed by atoms with Crippen LogP contribution in [0, 0.1) is 29.1 Å². The minimum atomic E-state index is 0.821. The minimum absolute atomic E-state index is 0.821. The molecule has 0 heterocycles. The molecule has 5 atom stereocenters. The van der Waals surface area contributed by atoms with Crippen molar-refractivity contribution in [2.45, 2.75) is 53.4 Å². The van der Waals surface area contributed by atoms with Gasteiger partial charge >= 0.3 is 0 Å². The monoisotopic (exact) mass is 180 g/mol. The molecule has 0 bridgehead atoms. The lowest BCUT2D eigenvalue weighted by atomic mass is 9.86. The average Bonchev–Trinajstić information content (AvgIpc) is 2.90. The molecule has 0 saturated heterocycles. The lowest BCUT2D eigenvalue weighted by Crippen LogP contribution is -2.09. The Morgan fingerprint density at radius 3 is 2.31 bits per heavy atom. The summed E-state index contributed by atoms with van der Waals surface area (Å²) in [5.74, 6) is 4.36. The van der Waals surface area contributed by atoms with E-state index in [-0.39, 0.29) is 0 Å². The van der Waals surface area contributed by atoms with E-state index in [0.29, 0.717) is 0 Å². The Morgan fingerprint density at radius 2 is 1.92 bits per heavy atom. The molecule has 0 N–H and O–H groups in total. The van der Waals surface area contributed by atoms with Crippen LogP contribution >= 0.6 is 0 Å². The third-order valence-electron chi connectivity index (χ3n) is 5.11. The van der Waals surface area contributed by atoms with Crippen molar-refractivity contribution >= 4 is 0 Å². The topological polar surface area (TPSA) is 0 Å². The molecule has 0 aromatic heterocycles. The lowest BCUT2D eigenvalue weighted by Gasteiger charge is -2.19. The van der Waals surface area contributed by atoms with E-state index in [4.69, 9.17) is 0 Å². The molecule has 0 radical (unpaired) electrons. The molecule has 5 unspecified atom stereocenters. The highest BCUT2D eigenvalue weighted by atomic mass is 14.8. The van der Waals surface area contributed by atoms with Crippen molar-refractivity contribution in [3.8, 4) is 0 Å². The van der Waals surface area contributed by atoms with Crippen LogP contribution in [0.15, 0.2) is 0 Å². The first-order valence-electron chi connectivity index (χ1n) is 6.16. The van der Waals surface area contributed by atoms with Crippen molar-refractivity contribution < 1.29 is 0 Å². The molecule has 0 heteroatoms. The van der Waals surface area contributed by atoms with Crippen LogP contribution in [0.25, 0.3) is 0 Å². The Morgan fingerprint density at radius 1 is 1.31 bits per heavy atom. The highest BCUT2D eigenvalue weighted by molar-refractivity contribution is 5.27. The molecule has 2 rings (SSSR count). The Balaban J connectivity index is 1.74.